The number of hydrogen-bond acceptors (Lipinski definition) is 7. The van der Waals surface area contributed by atoms with Crippen LogP contribution in [0.3, 0.4) is 0 Å². The van der Waals surface area contributed by atoms with Gasteiger partial charge in [0.05, 0.1) is 18.9 Å². The fourth-order valence-electron chi connectivity index (χ4n) is 5.77. The molecule has 5 rings (SSSR count). The first-order valence-corrected chi connectivity index (χ1v) is 15.2. The van der Waals surface area contributed by atoms with Gasteiger partial charge < -0.3 is 14.5 Å². The number of benzene rings is 3. The molecule has 0 saturated carbocycles. The average molecular weight is 584 g/mol. The van der Waals surface area contributed by atoms with Crippen molar-refractivity contribution in [2.45, 2.75) is 48.7 Å². The molecule has 3 aromatic carbocycles. The summed E-state index contributed by atoms with van der Waals surface area (Å²) in [5, 5.41) is 10.6. The molecule has 1 unspecified atom stereocenters. The highest BCUT2D eigenvalue weighted by molar-refractivity contribution is 8.00. The molecule has 0 N–H and O–H groups in total. The van der Waals surface area contributed by atoms with Crippen molar-refractivity contribution in [3.8, 4) is 17.6 Å². The Hall–Kier alpha value is -3.93. The van der Waals surface area contributed by atoms with E-state index in [4.69, 9.17) is 14.5 Å². The van der Waals surface area contributed by atoms with Crippen LogP contribution in [0.2, 0.25) is 0 Å². The summed E-state index contributed by atoms with van der Waals surface area (Å²) >= 11 is 1.60. The van der Waals surface area contributed by atoms with E-state index in [0.717, 1.165) is 72.8 Å². The number of methoxy groups -OCH3 is 1. The molecule has 0 bridgehead atoms. The number of anilines is 1. The summed E-state index contributed by atoms with van der Waals surface area (Å²) in [6.07, 6.45) is 7.71. The number of fused-ring (bicyclic) bond motifs is 2. The Morgan fingerprint density at radius 1 is 1.17 bits per heavy atom. The number of rotatable bonds is 11. The SMILES string of the molecule is COc1ccc(CCN(C)CCCC(C#N)(Sc2ccccc2)c2ccc3c(c2)C=COO3)c2c1N(C(C)=O)CCC2. The van der Waals surface area contributed by atoms with Gasteiger partial charge in [-0.1, -0.05) is 42.1 Å². The lowest BCUT2D eigenvalue weighted by molar-refractivity contribution is -0.151. The minimum absolute atomic E-state index is 0.0497. The molecular formula is C34H37N3O4S. The van der Waals surface area contributed by atoms with E-state index >= 15 is 0 Å². The summed E-state index contributed by atoms with van der Waals surface area (Å²) in [6, 6.07) is 22.8. The Morgan fingerprint density at radius 2 is 2.00 bits per heavy atom. The first kappa shape index (κ1) is 29.6. The Labute approximate surface area is 252 Å². The predicted octanol–water partition coefficient (Wildman–Crippen LogP) is 6.75. The average Bonchev–Trinajstić information content (AvgIpc) is 3.03. The van der Waals surface area contributed by atoms with E-state index in [-0.39, 0.29) is 5.91 Å². The highest BCUT2D eigenvalue weighted by Crippen LogP contribution is 2.46. The molecule has 2 heterocycles. The first-order chi connectivity index (χ1) is 20.4. The fourth-order valence-corrected chi connectivity index (χ4v) is 7.00. The van der Waals surface area contributed by atoms with Gasteiger partial charge in [0.25, 0.3) is 0 Å². The van der Waals surface area contributed by atoms with Crippen molar-refractivity contribution in [3.05, 3.63) is 89.2 Å². The summed E-state index contributed by atoms with van der Waals surface area (Å²) < 4.78 is 4.87. The topological polar surface area (TPSA) is 75.0 Å². The van der Waals surface area contributed by atoms with Gasteiger partial charge in [-0.3, -0.25) is 14.6 Å². The van der Waals surface area contributed by atoms with Crippen LogP contribution in [0.5, 0.6) is 11.5 Å². The number of carbonyl (C=O) groups is 1. The van der Waals surface area contributed by atoms with E-state index in [2.05, 4.69) is 36.2 Å². The lowest BCUT2D eigenvalue weighted by atomic mass is 9.92. The summed E-state index contributed by atoms with van der Waals surface area (Å²) in [4.78, 5) is 27.8. The third-order valence-electron chi connectivity index (χ3n) is 7.99. The van der Waals surface area contributed by atoms with E-state index in [1.165, 1.54) is 17.4 Å². The maximum Gasteiger partial charge on any atom is 0.223 e. The van der Waals surface area contributed by atoms with Crippen molar-refractivity contribution < 1.29 is 19.3 Å². The lowest BCUT2D eigenvalue weighted by Gasteiger charge is -2.32. The molecule has 3 aromatic rings. The molecule has 7 nitrogen and oxygen atoms in total. The van der Waals surface area contributed by atoms with Crippen LogP contribution in [0, 0.1) is 11.3 Å². The Bertz CT molecular complexity index is 1490. The minimum Gasteiger partial charge on any atom is -0.495 e. The normalized spacial score (nSPS) is 15.1. The third-order valence-corrected chi connectivity index (χ3v) is 9.37. The second-order valence-corrected chi connectivity index (χ2v) is 12.1. The van der Waals surface area contributed by atoms with Crippen LogP contribution in [0.15, 0.2) is 71.8 Å². The molecule has 2 aliphatic heterocycles. The number of nitrogens with zero attached hydrogens (tertiary/aromatic N) is 3. The first-order valence-electron chi connectivity index (χ1n) is 14.4. The van der Waals surface area contributed by atoms with Gasteiger partial charge >= 0.3 is 0 Å². The summed E-state index contributed by atoms with van der Waals surface area (Å²) in [5.74, 6) is 1.45. The molecule has 0 radical (unpaired) electrons. The quantitative estimate of drug-likeness (QED) is 0.182. The molecule has 2 aliphatic rings. The van der Waals surface area contributed by atoms with Crippen LogP contribution < -0.4 is 14.5 Å². The molecule has 0 saturated heterocycles. The van der Waals surface area contributed by atoms with E-state index < -0.39 is 4.75 Å². The van der Waals surface area contributed by atoms with Crippen molar-refractivity contribution in [1.29, 1.82) is 5.26 Å². The smallest absolute Gasteiger partial charge is 0.223 e. The molecule has 0 spiro atoms. The van der Waals surface area contributed by atoms with Gasteiger partial charge in [0.2, 0.25) is 5.91 Å². The highest BCUT2D eigenvalue weighted by Gasteiger charge is 2.34. The Kier molecular flexibility index (Phi) is 9.41. The Balaban J connectivity index is 1.28. The van der Waals surface area contributed by atoms with Crippen LogP contribution in [-0.2, 0) is 27.3 Å². The van der Waals surface area contributed by atoms with Gasteiger partial charge in [-0.2, -0.15) is 5.26 Å². The number of nitriles is 1. The molecular weight excluding hydrogens is 546 g/mol. The van der Waals surface area contributed by atoms with Gasteiger partial charge in [-0.05, 0) is 98.8 Å². The van der Waals surface area contributed by atoms with E-state index in [1.54, 1.807) is 25.8 Å². The number of amides is 1. The molecule has 218 valence electrons. The summed E-state index contributed by atoms with van der Waals surface area (Å²) in [6.45, 7) is 4.09. The molecule has 0 aliphatic carbocycles. The van der Waals surface area contributed by atoms with Crippen LogP contribution >= 0.6 is 11.8 Å². The van der Waals surface area contributed by atoms with Gasteiger partial charge in [0.1, 0.15) is 16.8 Å². The van der Waals surface area contributed by atoms with Crippen molar-refractivity contribution in [2.24, 2.45) is 0 Å². The molecule has 0 aromatic heterocycles. The number of ether oxygens (including phenoxy) is 1. The largest absolute Gasteiger partial charge is 0.495 e. The number of thioether (sulfide) groups is 1. The zero-order valence-corrected chi connectivity index (χ0v) is 25.3. The van der Waals surface area contributed by atoms with Crippen molar-refractivity contribution in [3.63, 3.8) is 0 Å². The second kappa shape index (κ2) is 13.4. The van der Waals surface area contributed by atoms with Crippen LogP contribution in [0.4, 0.5) is 5.69 Å². The third kappa shape index (κ3) is 6.43. The van der Waals surface area contributed by atoms with Gasteiger partial charge in [-0.25, -0.2) is 0 Å². The number of carbonyl (C=O) groups excluding carboxylic acids is 1. The van der Waals surface area contributed by atoms with Crippen LogP contribution in [0.25, 0.3) is 6.08 Å². The highest BCUT2D eigenvalue weighted by atomic mass is 32.2. The van der Waals surface area contributed by atoms with Gasteiger partial charge in [0, 0.05) is 30.5 Å². The summed E-state index contributed by atoms with van der Waals surface area (Å²) in [5.41, 5.74) is 5.28. The number of likely N-dealkylation sites (N-methyl/N-ethyl adjacent to an activating group) is 1. The molecule has 1 amide bonds. The summed E-state index contributed by atoms with van der Waals surface area (Å²) in [7, 11) is 3.80. The fraction of sp³-hybridized carbons (Fsp3) is 0.353. The zero-order chi connectivity index (χ0) is 29.5. The Morgan fingerprint density at radius 3 is 2.76 bits per heavy atom. The van der Waals surface area contributed by atoms with Crippen molar-refractivity contribution in [1.82, 2.24) is 4.90 Å². The maximum atomic E-state index is 12.3. The van der Waals surface area contributed by atoms with E-state index in [1.807, 2.05) is 53.4 Å². The van der Waals surface area contributed by atoms with Gasteiger partial charge in [0.15, 0.2) is 5.75 Å². The molecule has 0 fully saturated rings. The molecule has 1 atom stereocenters. The van der Waals surface area contributed by atoms with Crippen LogP contribution in [-0.4, -0.2) is 44.6 Å². The van der Waals surface area contributed by atoms with Crippen LogP contribution in [0.1, 0.15) is 48.4 Å². The van der Waals surface area contributed by atoms with Crippen molar-refractivity contribution >= 4 is 29.4 Å². The second-order valence-electron chi connectivity index (χ2n) is 10.8. The maximum absolute atomic E-state index is 12.3. The molecule has 8 heteroatoms. The van der Waals surface area contributed by atoms with Crippen molar-refractivity contribution in [2.75, 3.05) is 38.7 Å². The zero-order valence-electron chi connectivity index (χ0n) is 24.5. The molecule has 42 heavy (non-hydrogen) atoms. The van der Waals surface area contributed by atoms with E-state index in [0.29, 0.717) is 12.2 Å². The van der Waals surface area contributed by atoms with Gasteiger partial charge in [-0.15, -0.1) is 0 Å². The lowest BCUT2D eigenvalue weighted by Crippen LogP contribution is -2.34. The van der Waals surface area contributed by atoms with E-state index in [9.17, 15) is 10.1 Å². The standard InChI is InChI=1S/C34H37N3O4S/c1-25(38)37-20-7-11-30-26(12-14-32(39-3)33(30)37)16-21-36(2)19-8-18-34(24-35,42-29-9-5-4-6-10-29)28-13-15-31-27(23-28)17-22-40-41-31/h4-6,9-10,12-15,17,22-23H,7-8,11,16,18-21H2,1-3H3. The monoisotopic (exact) mass is 583 g/mol. The number of hydrogen-bond donors (Lipinski definition) is 0. The minimum atomic E-state index is -0.755. The predicted molar refractivity (Wildman–Crippen MR) is 167 cm³/mol.